The molecule has 274 valence electrons. The molecule has 6 nitrogen and oxygen atoms in total. The molecule has 7 heteroatoms. The van der Waals surface area contributed by atoms with Crippen molar-refractivity contribution in [3.8, 4) is 34.0 Å². The topological polar surface area (TPSA) is 61.4 Å². The van der Waals surface area contributed by atoms with Crippen LogP contribution in [-0.2, 0) is 0 Å². The minimum atomic E-state index is 0.611. The molecule has 0 aliphatic heterocycles. The number of para-hydroxylation sites is 2. The van der Waals surface area contributed by atoms with Crippen LogP contribution in [0.3, 0.4) is 0 Å². The lowest BCUT2D eigenvalue weighted by Crippen LogP contribution is -2.04. The third-order valence-electron chi connectivity index (χ3n) is 12.0. The Morgan fingerprint density at radius 2 is 1.07 bits per heavy atom. The van der Waals surface area contributed by atoms with Gasteiger partial charge in [0.15, 0.2) is 0 Å². The van der Waals surface area contributed by atoms with Crippen LogP contribution in [0.4, 0.5) is 0 Å². The van der Waals surface area contributed by atoms with E-state index in [4.69, 9.17) is 18.7 Å². The van der Waals surface area contributed by atoms with Gasteiger partial charge in [-0.15, -0.1) is 0 Å². The van der Waals surface area contributed by atoms with Gasteiger partial charge < -0.3 is 4.57 Å². The Morgan fingerprint density at radius 1 is 0.390 bits per heavy atom. The van der Waals surface area contributed by atoms with Crippen LogP contribution in [0, 0.1) is 0 Å². The second-order valence-electron chi connectivity index (χ2n) is 15.2. The van der Waals surface area contributed by atoms with Gasteiger partial charge in [-0.3, -0.25) is 4.57 Å². The first kappa shape index (κ1) is 32.4. The SMILES string of the molecule is c1ccc(-c2nc(-n3c4ccccc4c4c5nsnc5c(-c5ccc6c(c5)c5ccccc5n6-c5ccc6ccccc6c5)cc43)nc3ccc4ccccc4c23)cc1. The van der Waals surface area contributed by atoms with Gasteiger partial charge in [0.1, 0.15) is 11.0 Å². The van der Waals surface area contributed by atoms with Gasteiger partial charge in [-0.2, -0.15) is 8.75 Å². The van der Waals surface area contributed by atoms with Gasteiger partial charge in [-0.1, -0.05) is 133 Å². The lowest BCUT2D eigenvalue weighted by molar-refractivity contribution is 1.01. The molecule has 0 aliphatic rings. The summed E-state index contributed by atoms with van der Waals surface area (Å²) in [6, 6.07) is 64.8. The fourth-order valence-electron chi connectivity index (χ4n) is 9.35. The summed E-state index contributed by atoms with van der Waals surface area (Å²) >= 11 is 1.26. The molecule has 0 radical (unpaired) electrons. The lowest BCUT2D eigenvalue weighted by Gasteiger charge is -2.14. The normalized spacial score (nSPS) is 12.1. The second-order valence-corrected chi connectivity index (χ2v) is 15.7. The fraction of sp³-hybridized carbons (Fsp3) is 0. The van der Waals surface area contributed by atoms with E-state index in [1.54, 1.807) is 0 Å². The number of fused-ring (bicyclic) bond motifs is 12. The average molecular weight is 771 g/mol. The van der Waals surface area contributed by atoms with Crippen molar-refractivity contribution in [2.45, 2.75) is 0 Å². The van der Waals surface area contributed by atoms with E-state index in [9.17, 15) is 0 Å². The summed E-state index contributed by atoms with van der Waals surface area (Å²) in [7, 11) is 0. The third-order valence-corrected chi connectivity index (χ3v) is 12.5. The van der Waals surface area contributed by atoms with E-state index in [1.807, 2.05) is 6.07 Å². The average Bonchev–Trinajstić information content (AvgIpc) is 4.01. The molecule has 4 aromatic heterocycles. The number of benzene rings is 9. The highest BCUT2D eigenvalue weighted by Gasteiger charge is 2.24. The Kier molecular flexibility index (Phi) is 6.79. The molecule has 0 aliphatic carbocycles. The molecular formula is C52H30N6S. The monoisotopic (exact) mass is 770 g/mol. The van der Waals surface area contributed by atoms with Gasteiger partial charge in [-0.05, 0) is 75.6 Å². The molecule has 0 bridgehead atoms. The van der Waals surface area contributed by atoms with Gasteiger partial charge in [0.2, 0.25) is 5.95 Å². The van der Waals surface area contributed by atoms with Crippen molar-refractivity contribution in [3.05, 3.63) is 182 Å². The fourth-order valence-corrected chi connectivity index (χ4v) is 9.91. The van der Waals surface area contributed by atoms with Crippen LogP contribution < -0.4 is 0 Å². The molecule has 0 amide bonds. The zero-order chi connectivity index (χ0) is 38.6. The molecular weight excluding hydrogens is 741 g/mol. The molecule has 0 saturated carbocycles. The summed E-state index contributed by atoms with van der Waals surface area (Å²) in [4.78, 5) is 10.8. The second kappa shape index (κ2) is 12.4. The molecule has 59 heavy (non-hydrogen) atoms. The molecule has 0 N–H and O–H groups in total. The smallest absolute Gasteiger partial charge is 0.235 e. The van der Waals surface area contributed by atoms with E-state index in [0.717, 1.165) is 88.1 Å². The van der Waals surface area contributed by atoms with Crippen LogP contribution in [0.15, 0.2) is 182 Å². The standard InChI is InChI=1S/C52H30N6S/c1-2-14-33(15-3-1)49-47-37-17-7-6-13-32(37)23-26-42(47)53-52(54-49)58-44-21-11-9-19-39(44)48-46(58)30-40(50-51(48)56-59-55-50)35-24-27-45-41(29-35)38-18-8-10-20-43(38)57(45)36-25-22-31-12-4-5-16-34(31)28-36/h1-30H. The number of hydrogen-bond donors (Lipinski definition) is 0. The van der Waals surface area contributed by atoms with Crippen molar-refractivity contribution in [2.75, 3.05) is 0 Å². The molecule has 0 unspecified atom stereocenters. The van der Waals surface area contributed by atoms with Crippen molar-refractivity contribution in [2.24, 2.45) is 0 Å². The van der Waals surface area contributed by atoms with E-state index >= 15 is 0 Å². The molecule has 0 spiro atoms. The van der Waals surface area contributed by atoms with E-state index in [1.165, 1.54) is 38.8 Å². The van der Waals surface area contributed by atoms with Crippen LogP contribution in [0.25, 0.3) is 121 Å². The first-order chi connectivity index (χ1) is 29.3. The summed E-state index contributed by atoms with van der Waals surface area (Å²) in [5.41, 5.74) is 12.2. The third kappa shape index (κ3) is 4.73. The Bertz CT molecular complexity index is 3860. The van der Waals surface area contributed by atoms with Crippen LogP contribution in [0.5, 0.6) is 0 Å². The predicted octanol–water partition coefficient (Wildman–Crippen LogP) is 13.5. The van der Waals surface area contributed by atoms with Crippen LogP contribution in [-0.4, -0.2) is 27.8 Å². The maximum Gasteiger partial charge on any atom is 0.235 e. The first-order valence-electron chi connectivity index (χ1n) is 19.7. The van der Waals surface area contributed by atoms with E-state index in [-0.39, 0.29) is 0 Å². The predicted molar refractivity (Wildman–Crippen MR) is 245 cm³/mol. The number of rotatable bonds is 4. The van der Waals surface area contributed by atoms with Crippen molar-refractivity contribution >= 4 is 98.8 Å². The van der Waals surface area contributed by atoms with Gasteiger partial charge in [-0.25, -0.2) is 9.97 Å². The zero-order valence-corrected chi connectivity index (χ0v) is 32.2. The first-order valence-corrected chi connectivity index (χ1v) is 20.5. The minimum absolute atomic E-state index is 0.611. The van der Waals surface area contributed by atoms with Crippen molar-refractivity contribution in [1.82, 2.24) is 27.8 Å². The molecule has 13 rings (SSSR count). The van der Waals surface area contributed by atoms with Gasteiger partial charge >= 0.3 is 0 Å². The van der Waals surface area contributed by atoms with Crippen LogP contribution >= 0.6 is 11.7 Å². The minimum Gasteiger partial charge on any atom is -0.309 e. The Balaban J connectivity index is 1.09. The van der Waals surface area contributed by atoms with Gasteiger partial charge in [0.25, 0.3) is 0 Å². The van der Waals surface area contributed by atoms with Crippen molar-refractivity contribution < 1.29 is 0 Å². The molecule has 4 heterocycles. The molecule has 0 atom stereocenters. The number of nitrogens with zero attached hydrogens (tertiary/aromatic N) is 6. The highest BCUT2D eigenvalue weighted by Crippen LogP contribution is 2.43. The Hall–Kier alpha value is -7.74. The molecule has 0 fully saturated rings. The van der Waals surface area contributed by atoms with Crippen molar-refractivity contribution in [1.29, 1.82) is 0 Å². The van der Waals surface area contributed by atoms with E-state index in [0.29, 0.717) is 5.95 Å². The summed E-state index contributed by atoms with van der Waals surface area (Å²) in [6.45, 7) is 0. The highest BCUT2D eigenvalue weighted by atomic mass is 32.1. The summed E-state index contributed by atoms with van der Waals surface area (Å²) in [6.07, 6.45) is 0. The van der Waals surface area contributed by atoms with Crippen LogP contribution in [0.2, 0.25) is 0 Å². The molecule has 9 aromatic carbocycles. The zero-order valence-electron chi connectivity index (χ0n) is 31.4. The largest absolute Gasteiger partial charge is 0.309 e. The quantitative estimate of drug-likeness (QED) is 0.167. The summed E-state index contributed by atoms with van der Waals surface area (Å²) in [5, 5.41) is 10.3. The number of hydrogen-bond acceptors (Lipinski definition) is 5. The lowest BCUT2D eigenvalue weighted by atomic mass is 9.99. The maximum atomic E-state index is 5.48. The summed E-state index contributed by atoms with van der Waals surface area (Å²) < 4.78 is 14.6. The van der Waals surface area contributed by atoms with Gasteiger partial charge in [0, 0.05) is 43.7 Å². The molecule has 13 aromatic rings. The number of aromatic nitrogens is 6. The summed E-state index contributed by atoms with van der Waals surface area (Å²) in [5.74, 6) is 0.611. The van der Waals surface area contributed by atoms with Gasteiger partial charge in [0.05, 0.1) is 45.0 Å². The van der Waals surface area contributed by atoms with Crippen LogP contribution in [0.1, 0.15) is 0 Å². The van der Waals surface area contributed by atoms with E-state index in [2.05, 4.69) is 185 Å². The Labute approximate surface area is 341 Å². The highest BCUT2D eigenvalue weighted by molar-refractivity contribution is 7.00. The molecule has 0 saturated heterocycles. The maximum absolute atomic E-state index is 5.48. The Morgan fingerprint density at radius 3 is 1.93 bits per heavy atom. The van der Waals surface area contributed by atoms with E-state index < -0.39 is 0 Å². The van der Waals surface area contributed by atoms with Crippen molar-refractivity contribution in [3.63, 3.8) is 0 Å².